The number of aliphatic hydroxyl groups is 1. The quantitative estimate of drug-likeness (QED) is 0.550. The first-order chi connectivity index (χ1) is 15.8. The number of carboxylic acids is 2. The monoisotopic (exact) mass is 492 g/mol. The van der Waals surface area contributed by atoms with Crippen LogP contribution in [0.1, 0.15) is 23.6 Å². The lowest BCUT2D eigenvalue weighted by atomic mass is 9.96. The molecule has 1 heterocycles. The highest BCUT2D eigenvalue weighted by Gasteiger charge is 2.27. The van der Waals surface area contributed by atoms with Crippen LogP contribution in [0, 0.1) is 0 Å². The zero-order valence-electron chi connectivity index (χ0n) is 18.0. The molecule has 1 aliphatic rings. The molecular weight excluding hydrogens is 467 g/mol. The van der Waals surface area contributed by atoms with E-state index in [4.69, 9.17) is 28.3 Å². The van der Waals surface area contributed by atoms with Gasteiger partial charge in [-0.3, -0.25) is 4.90 Å². The molecule has 3 rings (SSSR count). The minimum absolute atomic E-state index is 0.104. The van der Waals surface area contributed by atoms with Gasteiger partial charge in [0.05, 0.1) is 18.0 Å². The topological polar surface area (TPSA) is 107 Å². The van der Waals surface area contributed by atoms with Crippen LogP contribution in [0.4, 0.5) is 0 Å². The first kappa shape index (κ1) is 26.8. The number of hydrogen-bond acceptors (Lipinski definition) is 7. The second kappa shape index (κ2) is 14.0. The fourth-order valence-corrected chi connectivity index (χ4v) is 4.07. The first-order valence-corrected chi connectivity index (χ1v) is 11.2. The van der Waals surface area contributed by atoms with Gasteiger partial charge < -0.3 is 29.8 Å². The summed E-state index contributed by atoms with van der Waals surface area (Å²) in [5, 5.41) is 29.4. The van der Waals surface area contributed by atoms with Crippen LogP contribution in [0.15, 0.2) is 60.7 Å². The summed E-state index contributed by atoms with van der Waals surface area (Å²) in [6.45, 7) is 5.15. The summed E-state index contributed by atoms with van der Waals surface area (Å²) in [6, 6.07) is 16.2. The molecule has 1 aliphatic heterocycles. The van der Waals surface area contributed by atoms with Crippen LogP contribution in [-0.4, -0.2) is 66.2 Å². The number of aliphatic hydroxyl groups excluding tert-OH is 1. The molecule has 1 atom stereocenters. The van der Waals surface area contributed by atoms with Crippen LogP contribution in [0.3, 0.4) is 0 Å². The highest BCUT2D eigenvalue weighted by molar-refractivity contribution is 6.31. The van der Waals surface area contributed by atoms with Gasteiger partial charge in [0.25, 0.3) is 0 Å². The van der Waals surface area contributed by atoms with E-state index in [1.54, 1.807) is 0 Å². The Balaban J connectivity index is 0.000000414. The van der Waals surface area contributed by atoms with Crippen LogP contribution in [-0.2, 0) is 9.59 Å². The van der Waals surface area contributed by atoms with Crippen molar-refractivity contribution >= 4 is 35.1 Å². The second-order valence-electron chi connectivity index (χ2n) is 7.41. The second-order valence-corrected chi connectivity index (χ2v) is 8.25. The smallest absolute Gasteiger partial charge is 0.0643 e. The molecule has 33 heavy (non-hydrogen) atoms. The summed E-state index contributed by atoms with van der Waals surface area (Å²) < 4.78 is 0. The molecule has 1 N–H and O–H groups in total. The Bertz CT molecular complexity index is 930. The predicted molar refractivity (Wildman–Crippen MR) is 124 cm³/mol. The van der Waals surface area contributed by atoms with E-state index >= 15 is 0 Å². The van der Waals surface area contributed by atoms with E-state index in [1.165, 1.54) is 5.56 Å². The lowest BCUT2D eigenvalue weighted by molar-refractivity contribution is -0.301. The average Bonchev–Trinajstić information content (AvgIpc) is 2.79. The maximum absolute atomic E-state index is 9.41. The molecule has 2 aromatic rings. The Morgan fingerprint density at radius 3 is 2.15 bits per heavy atom. The number of carboxylic acid groups (broad SMARTS) is 2. The predicted octanol–water partition coefficient (Wildman–Crippen LogP) is 1.13. The van der Waals surface area contributed by atoms with Crippen LogP contribution in [0.25, 0.3) is 0 Å². The van der Waals surface area contributed by atoms with Crippen molar-refractivity contribution in [2.45, 2.75) is 12.5 Å². The Morgan fingerprint density at radius 2 is 1.61 bits per heavy atom. The molecule has 0 amide bonds. The van der Waals surface area contributed by atoms with Crippen molar-refractivity contribution in [3.63, 3.8) is 0 Å². The summed E-state index contributed by atoms with van der Waals surface area (Å²) in [4.78, 5) is 23.7. The summed E-state index contributed by atoms with van der Waals surface area (Å²) in [5.41, 5.74) is 2.29. The van der Waals surface area contributed by atoms with Crippen molar-refractivity contribution in [3.05, 3.63) is 81.9 Å². The largest absolute Gasteiger partial charge is 0.545 e. The number of nitrogens with zero attached hydrogens (tertiary/aromatic N) is 2. The van der Waals surface area contributed by atoms with Crippen LogP contribution in [0.5, 0.6) is 0 Å². The molecule has 0 spiro atoms. The number of rotatable bonds is 8. The number of piperazine rings is 1. The Labute approximate surface area is 203 Å². The Hall–Kier alpha value is -2.42. The third-order valence-electron chi connectivity index (χ3n) is 5.12. The van der Waals surface area contributed by atoms with Crippen molar-refractivity contribution in [1.82, 2.24) is 9.80 Å². The van der Waals surface area contributed by atoms with Gasteiger partial charge in [0.15, 0.2) is 0 Å². The van der Waals surface area contributed by atoms with Gasteiger partial charge in [-0.25, -0.2) is 0 Å². The SMILES string of the molecule is O=C([O-])/C=C\C(=O)[O-].OCCCN1CCN(C(c2cccc(Cl)c2)c2ccccc2Cl)CC1. The molecule has 1 fully saturated rings. The van der Waals surface area contributed by atoms with Gasteiger partial charge in [0.2, 0.25) is 0 Å². The van der Waals surface area contributed by atoms with E-state index in [1.807, 2.05) is 36.4 Å². The Kier molecular flexibility index (Phi) is 11.4. The molecule has 0 aromatic heterocycles. The van der Waals surface area contributed by atoms with Crippen molar-refractivity contribution in [2.75, 3.05) is 39.3 Å². The molecule has 0 bridgehead atoms. The number of carbonyl (C=O) groups excluding carboxylic acids is 2. The van der Waals surface area contributed by atoms with E-state index in [-0.39, 0.29) is 12.6 Å². The van der Waals surface area contributed by atoms with Crippen LogP contribution in [0.2, 0.25) is 10.0 Å². The third-order valence-corrected chi connectivity index (χ3v) is 5.70. The zero-order chi connectivity index (χ0) is 24.2. The van der Waals surface area contributed by atoms with Gasteiger partial charge in [-0.2, -0.15) is 0 Å². The van der Waals surface area contributed by atoms with Crippen molar-refractivity contribution < 1.29 is 24.9 Å². The highest BCUT2D eigenvalue weighted by atomic mass is 35.5. The minimum Gasteiger partial charge on any atom is -0.545 e. The lowest BCUT2D eigenvalue weighted by Crippen LogP contribution is -2.48. The van der Waals surface area contributed by atoms with E-state index < -0.39 is 11.9 Å². The molecule has 7 nitrogen and oxygen atoms in total. The summed E-state index contributed by atoms with van der Waals surface area (Å²) in [7, 11) is 0. The molecule has 0 aliphatic carbocycles. The molecule has 178 valence electrons. The molecule has 9 heteroatoms. The maximum Gasteiger partial charge on any atom is 0.0643 e. The van der Waals surface area contributed by atoms with Gasteiger partial charge in [-0.05, 0) is 47.9 Å². The average molecular weight is 493 g/mol. The van der Waals surface area contributed by atoms with E-state index in [9.17, 15) is 19.8 Å². The number of hydrogen-bond donors (Lipinski definition) is 1. The fraction of sp³-hybridized carbons (Fsp3) is 0.333. The van der Waals surface area contributed by atoms with Crippen molar-refractivity contribution in [1.29, 1.82) is 0 Å². The Morgan fingerprint density at radius 1 is 0.970 bits per heavy atom. The van der Waals surface area contributed by atoms with E-state index in [2.05, 4.69) is 21.9 Å². The van der Waals surface area contributed by atoms with Gasteiger partial charge in [0, 0.05) is 49.4 Å². The van der Waals surface area contributed by atoms with Crippen LogP contribution < -0.4 is 10.2 Å². The summed E-state index contributed by atoms with van der Waals surface area (Å²) in [5.74, 6) is -3.09. The molecular formula is C24H26Cl2N2O5-2. The van der Waals surface area contributed by atoms with Gasteiger partial charge >= 0.3 is 0 Å². The van der Waals surface area contributed by atoms with Gasteiger partial charge in [-0.1, -0.05) is 53.5 Å². The van der Waals surface area contributed by atoms with E-state index in [0.717, 1.165) is 54.8 Å². The molecule has 1 unspecified atom stereocenters. The van der Waals surface area contributed by atoms with Crippen LogP contribution >= 0.6 is 23.2 Å². The number of halogens is 2. The molecule has 1 saturated heterocycles. The highest BCUT2D eigenvalue weighted by Crippen LogP contribution is 2.34. The lowest BCUT2D eigenvalue weighted by Gasteiger charge is -2.40. The number of aliphatic carboxylic acids is 2. The maximum atomic E-state index is 9.41. The number of benzene rings is 2. The van der Waals surface area contributed by atoms with Crippen molar-refractivity contribution in [3.8, 4) is 0 Å². The third kappa shape index (κ3) is 9.15. The molecule has 2 aromatic carbocycles. The van der Waals surface area contributed by atoms with Crippen molar-refractivity contribution in [2.24, 2.45) is 0 Å². The number of carbonyl (C=O) groups is 2. The van der Waals surface area contributed by atoms with Gasteiger partial charge in [0.1, 0.15) is 0 Å². The standard InChI is InChI=1S/C20H24Cl2N2O.C4H4O4/c21-17-6-3-5-16(15-17)20(18-7-1-2-8-19(18)22)24-12-10-23(11-13-24)9-4-14-25;5-3(6)1-2-4(7)8/h1-3,5-8,15,20,25H,4,9-14H2;1-2H,(H,5,6)(H,7,8)/p-2/b;2-1-. The summed E-state index contributed by atoms with van der Waals surface area (Å²) in [6.07, 6.45) is 1.60. The first-order valence-electron chi connectivity index (χ1n) is 10.5. The normalized spacial score (nSPS) is 15.6. The molecule has 0 saturated carbocycles. The zero-order valence-corrected chi connectivity index (χ0v) is 19.5. The fourth-order valence-electron chi connectivity index (χ4n) is 3.64. The van der Waals surface area contributed by atoms with E-state index in [0.29, 0.717) is 12.2 Å². The molecule has 0 radical (unpaired) electrons. The summed E-state index contributed by atoms with van der Waals surface area (Å²) >= 11 is 12.8. The minimum atomic E-state index is -1.55. The van der Waals surface area contributed by atoms with Gasteiger partial charge in [-0.15, -0.1) is 0 Å².